The van der Waals surface area contributed by atoms with Crippen molar-refractivity contribution in [3.05, 3.63) is 30.0 Å². The Labute approximate surface area is 101 Å². The van der Waals surface area contributed by atoms with Crippen LogP contribution < -0.4 is 5.73 Å². The summed E-state index contributed by atoms with van der Waals surface area (Å²) >= 11 is 1.60. The first-order valence-electron chi connectivity index (χ1n) is 5.03. The molecule has 0 aliphatic heterocycles. The Kier molecular flexibility index (Phi) is 2.22. The zero-order valence-electron chi connectivity index (χ0n) is 9.12. The molecule has 0 spiro atoms. The maximum atomic E-state index is 5.82. The van der Waals surface area contributed by atoms with Crippen LogP contribution in [-0.4, -0.2) is 14.7 Å². The lowest BCUT2D eigenvalue weighted by molar-refractivity contribution is 0.439. The maximum absolute atomic E-state index is 5.82. The molecule has 3 heterocycles. The Morgan fingerprint density at radius 1 is 1.47 bits per heavy atom. The second kappa shape index (κ2) is 3.74. The summed E-state index contributed by atoms with van der Waals surface area (Å²) in [5, 5.41) is 5.98. The van der Waals surface area contributed by atoms with Gasteiger partial charge in [0.05, 0.1) is 11.9 Å². The van der Waals surface area contributed by atoms with Crippen molar-refractivity contribution in [2.45, 2.75) is 0 Å². The highest BCUT2D eigenvalue weighted by Gasteiger charge is 2.19. The molecule has 17 heavy (non-hydrogen) atoms. The minimum absolute atomic E-state index is 0.327. The number of aryl methyl sites for hydroxylation is 1. The minimum atomic E-state index is 0.327. The molecule has 3 aromatic heterocycles. The third-order valence-corrected chi connectivity index (χ3v) is 3.32. The molecule has 0 aromatic carbocycles. The molecule has 0 saturated carbocycles. The molecule has 0 bridgehead atoms. The molecule has 6 heteroatoms. The van der Waals surface area contributed by atoms with Gasteiger partial charge < -0.3 is 14.8 Å². The lowest BCUT2D eigenvalue weighted by atomic mass is 10.1. The molecule has 0 saturated heterocycles. The molecule has 2 N–H and O–H groups in total. The Morgan fingerprint density at radius 3 is 3.00 bits per heavy atom. The summed E-state index contributed by atoms with van der Waals surface area (Å²) in [5.41, 5.74) is 8.08. The molecular formula is C11H10N4OS. The van der Waals surface area contributed by atoms with E-state index in [0.717, 1.165) is 16.1 Å². The van der Waals surface area contributed by atoms with E-state index in [0.29, 0.717) is 11.6 Å². The molecule has 86 valence electrons. The number of nitrogens with two attached hydrogens (primary N) is 1. The fourth-order valence-electron chi connectivity index (χ4n) is 1.67. The molecule has 0 amide bonds. The van der Waals surface area contributed by atoms with Gasteiger partial charge in [-0.05, 0) is 11.4 Å². The molecule has 5 nitrogen and oxygen atoms in total. The van der Waals surface area contributed by atoms with Crippen LogP contribution >= 0.6 is 11.3 Å². The summed E-state index contributed by atoms with van der Waals surface area (Å²) in [4.78, 5) is 5.29. The Bertz CT molecular complexity index is 638. The van der Waals surface area contributed by atoms with Crippen molar-refractivity contribution in [2.24, 2.45) is 7.05 Å². The van der Waals surface area contributed by atoms with Gasteiger partial charge in [-0.1, -0.05) is 11.2 Å². The molecular weight excluding hydrogens is 236 g/mol. The fraction of sp³-hybridized carbons (Fsp3) is 0.0909. The van der Waals surface area contributed by atoms with Crippen molar-refractivity contribution >= 4 is 17.2 Å². The van der Waals surface area contributed by atoms with E-state index in [-0.39, 0.29) is 0 Å². The first kappa shape index (κ1) is 10.1. The first-order chi connectivity index (χ1) is 8.25. The number of nitrogen functional groups attached to an aromatic ring is 1. The van der Waals surface area contributed by atoms with Crippen molar-refractivity contribution in [1.29, 1.82) is 0 Å². The number of aromatic nitrogens is 3. The standard InChI is InChI=1S/C11H10N4OS/c1-15-5-7(13-6-15)10-9(11(12)16-14-10)8-3-2-4-17-8/h2-6H,12H2,1H3. The molecule has 3 rings (SSSR count). The SMILES string of the molecule is Cn1cnc(-c2noc(N)c2-c2cccs2)c1. The van der Waals surface area contributed by atoms with Crippen LogP contribution in [-0.2, 0) is 7.05 Å². The van der Waals surface area contributed by atoms with Gasteiger partial charge in [0.1, 0.15) is 11.4 Å². The molecule has 0 aliphatic carbocycles. The Hall–Kier alpha value is -2.08. The number of hydrogen-bond acceptors (Lipinski definition) is 5. The molecule has 0 unspecified atom stereocenters. The van der Waals surface area contributed by atoms with Crippen LogP contribution in [0.3, 0.4) is 0 Å². The molecule has 0 fully saturated rings. The fourth-order valence-corrected chi connectivity index (χ4v) is 2.45. The van der Waals surface area contributed by atoms with Crippen molar-refractivity contribution < 1.29 is 4.52 Å². The van der Waals surface area contributed by atoms with E-state index in [9.17, 15) is 0 Å². The Morgan fingerprint density at radius 2 is 2.35 bits per heavy atom. The largest absolute Gasteiger partial charge is 0.367 e. The molecule has 0 atom stereocenters. The summed E-state index contributed by atoms with van der Waals surface area (Å²) in [5.74, 6) is 0.327. The third kappa shape index (κ3) is 1.62. The molecule has 3 aromatic rings. The predicted molar refractivity (Wildman–Crippen MR) is 66.4 cm³/mol. The normalized spacial score (nSPS) is 10.9. The summed E-state index contributed by atoms with van der Waals surface area (Å²) in [6.45, 7) is 0. The average molecular weight is 246 g/mol. The zero-order chi connectivity index (χ0) is 11.8. The van der Waals surface area contributed by atoms with E-state index < -0.39 is 0 Å². The highest BCUT2D eigenvalue weighted by atomic mass is 32.1. The quantitative estimate of drug-likeness (QED) is 0.753. The summed E-state index contributed by atoms with van der Waals surface area (Å²) in [6.07, 6.45) is 3.60. The van der Waals surface area contributed by atoms with Gasteiger partial charge in [-0.2, -0.15) is 0 Å². The van der Waals surface area contributed by atoms with Crippen molar-refractivity contribution in [2.75, 3.05) is 5.73 Å². The van der Waals surface area contributed by atoms with Gasteiger partial charge in [-0.3, -0.25) is 0 Å². The van der Waals surface area contributed by atoms with E-state index in [1.165, 1.54) is 0 Å². The van der Waals surface area contributed by atoms with Crippen LogP contribution in [0.1, 0.15) is 0 Å². The van der Waals surface area contributed by atoms with E-state index in [4.69, 9.17) is 10.3 Å². The smallest absolute Gasteiger partial charge is 0.231 e. The zero-order valence-corrected chi connectivity index (χ0v) is 9.94. The lowest BCUT2D eigenvalue weighted by Crippen LogP contribution is -1.85. The van der Waals surface area contributed by atoms with Crippen molar-refractivity contribution in [3.8, 4) is 21.8 Å². The monoisotopic (exact) mass is 246 g/mol. The van der Waals surface area contributed by atoms with E-state index in [2.05, 4.69) is 10.1 Å². The van der Waals surface area contributed by atoms with E-state index in [1.807, 2.05) is 35.3 Å². The number of imidazole rings is 1. The molecule has 0 radical (unpaired) electrons. The van der Waals surface area contributed by atoms with Crippen LogP contribution in [0.5, 0.6) is 0 Å². The molecule has 0 aliphatic rings. The highest BCUT2D eigenvalue weighted by Crippen LogP contribution is 2.37. The third-order valence-electron chi connectivity index (χ3n) is 2.43. The highest BCUT2D eigenvalue weighted by molar-refractivity contribution is 7.13. The second-order valence-corrected chi connectivity index (χ2v) is 4.62. The van der Waals surface area contributed by atoms with Crippen LogP contribution in [0.2, 0.25) is 0 Å². The summed E-state index contributed by atoms with van der Waals surface area (Å²) in [6, 6.07) is 3.95. The number of thiophene rings is 1. The first-order valence-corrected chi connectivity index (χ1v) is 5.91. The maximum Gasteiger partial charge on any atom is 0.231 e. The van der Waals surface area contributed by atoms with Gasteiger partial charge in [0.2, 0.25) is 5.88 Å². The number of hydrogen-bond donors (Lipinski definition) is 1. The lowest BCUT2D eigenvalue weighted by Gasteiger charge is -1.95. The predicted octanol–water partition coefficient (Wildman–Crippen LogP) is 2.39. The number of anilines is 1. The van der Waals surface area contributed by atoms with Crippen LogP contribution in [0, 0.1) is 0 Å². The number of rotatable bonds is 2. The van der Waals surface area contributed by atoms with E-state index >= 15 is 0 Å². The van der Waals surface area contributed by atoms with Gasteiger partial charge in [0.15, 0.2) is 0 Å². The van der Waals surface area contributed by atoms with Crippen molar-refractivity contribution in [1.82, 2.24) is 14.7 Å². The van der Waals surface area contributed by atoms with Crippen LogP contribution in [0.4, 0.5) is 5.88 Å². The summed E-state index contributed by atoms with van der Waals surface area (Å²) in [7, 11) is 1.91. The van der Waals surface area contributed by atoms with Gasteiger partial charge in [-0.25, -0.2) is 4.98 Å². The van der Waals surface area contributed by atoms with Gasteiger partial charge in [0.25, 0.3) is 0 Å². The Balaban J connectivity index is 2.19. The summed E-state index contributed by atoms with van der Waals surface area (Å²) < 4.78 is 6.93. The van der Waals surface area contributed by atoms with Crippen molar-refractivity contribution in [3.63, 3.8) is 0 Å². The van der Waals surface area contributed by atoms with Crippen LogP contribution in [0.25, 0.3) is 21.8 Å². The number of nitrogens with zero attached hydrogens (tertiary/aromatic N) is 3. The second-order valence-electron chi connectivity index (χ2n) is 3.67. The van der Waals surface area contributed by atoms with E-state index in [1.54, 1.807) is 17.7 Å². The van der Waals surface area contributed by atoms with Gasteiger partial charge in [0, 0.05) is 18.1 Å². The van der Waals surface area contributed by atoms with Crippen LogP contribution in [0.15, 0.2) is 34.6 Å². The minimum Gasteiger partial charge on any atom is -0.367 e. The van der Waals surface area contributed by atoms with Gasteiger partial charge in [-0.15, -0.1) is 11.3 Å². The average Bonchev–Trinajstić information content (AvgIpc) is 2.97. The topological polar surface area (TPSA) is 69.9 Å². The van der Waals surface area contributed by atoms with Gasteiger partial charge >= 0.3 is 0 Å².